The van der Waals surface area contributed by atoms with E-state index in [2.05, 4.69) is 62.4 Å². The molecular weight excluding hydrogens is 283 g/mol. The topological polar surface area (TPSA) is 0 Å². The summed E-state index contributed by atoms with van der Waals surface area (Å²) in [5, 5.41) is 0. The second kappa shape index (κ2) is 4.21. The monoisotopic (exact) mass is 298 g/mol. The summed E-state index contributed by atoms with van der Waals surface area (Å²) < 4.78 is 2.08. The summed E-state index contributed by atoms with van der Waals surface area (Å²) in [4.78, 5) is 0. The van der Waals surface area contributed by atoms with Gasteiger partial charge >= 0.3 is 115 Å². The van der Waals surface area contributed by atoms with E-state index in [0.717, 1.165) is 0 Å². The summed E-state index contributed by atoms with van der Waals surface area (Å²) in [5.74, 6) is 0. The molecule has 2 aliphatic carbocycles. The van der Waals surface area contributed by atoms with Gasteiger partial charge in [-0.3, -0.25) is 0 Å². The maximum absolute atomic E-state index is 2.45. The third-order valence-electron chi connectivity index (χ3n) is 3.55. The quantitative estimate of drug-likeness (QED) is 0.769. The van der Waals surface area contributed by atoms with Crippen LogP contribution >= 0.6 is 0 Å². The molecule has 1 atom stereocenters. The molecule has 2 aliphatic rings. The number of allylic oxidation sites excluding steroid dienone is 5. The van der Waals surface area contributed by atoms with Gasteiger partial charge in [-0.1, -0.05) is 0 Å². The molecule has 0 fully saturated rings. The molecule has 17 heavy (non-hydrogen) atoms. The molecule has 0 aliphatic heterocycles. The second-order valence-corrected chi connectivity index (χ2v) is 9.82. The van der Waals surface area contributed by atoms with Crippen molar-refractivity contribution in [1.29, 1.82) is 0 Å². The average molecular weight is 300 g/mol. The van der Waals surface area contributed by atoms with E-state index < -0.39 is 23.2 Å². The predicted molar refractivity (Wildman–Crippen MR) is 69.4 cm³/mol. The molecule has 1 heteroatoms. The van der Waals surface area contributed by atoms with E-state index in [9.17, 15) is 0 Å². The van der Waals surface area contributed by atoms with E-state index >= 15 is 0 Å². The van der Waals surface area contributed by atoms with Crippen LogP contribution in [0.1, 0.15) is 30.0 Å². The number of fused-ring (bicyclic) bond motifs is 1. The Balaban J connectivity index is 1.93. The average Bonchev–Trinajstić information content (AvgIpc) is 2.88. The van der Waals surface area contributed by atoms with Crippen LogP contribution in [0, 0.1) is 6.92 Å². The maximum atomic E-state index is 2.45. The molecule has 0 spiro atoms. The number of hydrogen-bond donors (Lipinski definition) is 0. The van der Waals surface area contributed by atoms with Crippen LogP contribution in [0.3, 0.4) is 0 Å². The van der Waals surface area contributed by atoms with Crippen LogP contribution in [0.4, 0.5) is 0 Å². The van der Waals surface area contributed by atoms with Crippen LogP contribution in [-0.2, 0) is 26.4 Å². The molecule has 3 rings (SSSR count). The molecule has 1 unspecified atom stereocenters. The van der Waals surface area contributed by atoms with Crippen LogP contribution in [0.2, 0.25) is 0 Å². The number of hydrogen-bond acceptors (Lipinski definition) is 0. The molecule has 0 bridgehead atoms. The zero-order valence-electron chi connectivity index (χ0n) is 10.3. The van der Waals surface area contributed by atoms with Gasteiger partial charge in [0.05, 0.1) is 0 Å². The van der Waals surface area contributed by atoms with Gasteiger partial charge in [-0.2, -0.15) is 0 Å². The van der Waals surface area contributed by atoms with Crippen molar-refractivity contribution in [3.05, 3.63) is 62.5 Å². The van der Waals surface area contributed by atoms with Gasteiger partial charge in [0.25, 0.3) is 0 Å². The van der Waals surface area contributed by atoms with Gasteiger partial charge in [0.15, 0.2) is 0 Å². The van der Waals surface area contributed by atoms with Crippen molar-refractivity contribution in [3.8, 4) is 0 Å². The van der Waals surface area contributed by atoms with E-state index in [1.165, 1.54) is 17.5 Å². The Morgan fingerprint density at radius 1 is 1.29 bits per heavy atom. The van der Waals surface area contributed by atoms with Crippen molar-refractivity contribution in [1.82, 2.24) is 0 Å². The van der Waals surface area contributed by atoms with Crippen molar-refractivity contribution < 1.29 is 23.2 Å². The minimum atomic E-state index is -0.552. The van der Waals surface area contributed by atoms with Crippen LogP contribution in [-0.4, -0.2) is 0 Å². The molecule has 0 N–H and O–H groups in total. The molecule has 0 heterocycles. The van der Waals surface area contributed by atoms with Gasteiger partial charge in [-0.15, -0.1) is 0 Å². The number of aryl methyl sites for hydroxylation is 1. The van der Waals surface area contributed by atoms with Gasteiger partial charge in [-0.05, 0) is 0 Å². The summed E-state index contributed by atoms with van der Waals surface area (Å²) in [6, 6.07) is 6.91. The zero-order valence-corrected chi connectivity index (χ0v) is 12.8. The third-order valence-corrected chi connectivity index (χ3v) is 7.60. The summed E-state index contributed by atoms with van der Waals surface area (Å²) in [6.07, 6.45) is 12.8. The van der Waals surface area contributed by atoms with Crippen molar-refractivity contribution in [2.24, 2.45) is 0 Å². The fourth-order valence-electron chi connectivity index (χ4n) is 2.62. The van der Waals surface area contributed by atoms with Gasteiger partial charge in [-0.25, -0.2) is 0 Å². The first-order valence-electron chi connectivity index (χ1n) is 6.12. The van der Waals surface area contributed by atoms with Gasteiger partial charge < -0.3 is 0 Å². The van der Waals surface area contributed by atoms with Crippen LogP contribution in [0.25, 0.3) is 6.08 Å². The second-order valence-electron chi connectivity index (χ2n) is 5.08. The summed E-state index contributed by atoms with van der Waals surface area (Å²) in [5.41, 5.74) is 4.37. The number of benzene rings is 1. The zero-order chi connectivity index (χ0) is 11.9. The first kappa shape index (κ1) is 11.4. The Hall–Kier alpha value is -0.677. The Labute approximate surface area is 115 Å². The Kier molecular flexibility index (Phi) is 2.83. The molecule has 0 saturated carbocycles. The third kappa shape index (κ3) is 2.06. The predicted octanol–water partition coefficient (Wildman–Crippen LogP) is 4.16. The van der Waals surface area contributed by atoms with Crippen molar-refractivity contribution in [2.75, 3.05) is 0 Å². The Bertz CT molecular complexity index is 549. The van der Waals surface area contributed by atoms with E-state index in [1.54, 1.807) is 8.84 Å². The Morgan fingerprint density at radius 2 is 2.18 bits per heavy atom. The van der Waals surface area contributed by atoms with E-state index in [0.29, 0.717) is 3.12 Å². The molecule has 0 aromatic heterocycles. The first-order chi connectivity index (χ1) is 8.17. The van der Waals surface area contributed by atoms with E-state index in [1.807, 2.05) is 0 Å². The SMILES string of the molecule is Cc1ccc2c(c1)C=C[C]2(C)[Zr][C]1=CC=CC1. The minimum absolute atomic E-state index is 0.365. The van der Waals surface area contributed by atoms with Gasteiger partial charge in [0.2, 0.25) is 0 Å². The van der Waals surface area contributed by atoms with Crippen molar-refractivity contribution in [3.63, 3.8) is 0 Å². The van der Waals surface area contributed by atoms with Crippen molar-refractivity contribution in [2.45, 2.75) is 23.4 Å². The fraction of sp³-hybridized carbons (Fsp3) is 0.250. The summed E-state index contributed by atoms with van der Waals surface area (Å²) in [6.45, 7) is 4.60. The van der Waals surface area contributed by atoms with Crippen molar-refractivity contribution >= 4 is 6.08 Å². The molecule has 84 valence electrons. The molecule has 0 amide bonds. The fourth-order valence-corrected chi connectivity index (χ4v) is 6.54. The molecule has 0 nitrogen and oxygen atoms in total. The Morgan fingerprint density at radius 3 is 2.94 bits per heavy atom. The molecule has 0 radical (unpaired) electrons. The van der Waals surface area contributed by atoms with Gasteiger partial charge in [0.1, 0.15) is 0 Å². The van der Waals surface area contributed by atoms with Gasteiger partial charge in [0, 0.05) is 0 Å². The molecular formula is C16H16Zr. The molecule has 0 saturated heterocycles. The normalized spacial score (nSPS) is 24.9. The van der Waals surface area contributed by atoms with E-state index in [-0.39, 0.29) is 0 Å². The van der Waals surface area contributed by atoms with E-state index in [4.69, 9.17) is 0 Å². The van der Waals surface area contributed by atoms with Crippen LogP contribution < -0.4 is 0 Å². The molecule has 1 aromatic carbocycles. The summed E-state index contributed by atoms with van der Waals surface area (Å²) in [7, 11) is 0. The first-order valence-corrected chi connectivity index (χ1v) is 8.57. The summed E-state index contributed by atoms with van der Waals surface area (Å²) >= 11 is -0.552. The standard InChI is InChI=1S/C11H11.C5H5.Zr/c1-8-3-6-11-9(2)4-5-10(11)7-8;1-2-4-5-3-1;/h3-7H,1-2H3;1-3H,4H2;. The molecule has 1 aromatic rings. The van der Waals surface area contributed by atoms with Crippen LogP contribution in [0.5, 0.6) is 0 Å². The van der Waals surface area contributed by atoms with Crippen LogP contribution in [0.15, 0.2) is 45.8 Å². The number of rotatable bonds is 2.